The number of phenolic OH excluding ortho intramolecular Hbond substituents is 12. The molecule has 10 aromatic rings. The number of rotatable bonds is 15. The van der Waals surface area contributed by atoms with Crippen LogP contribution in [0.2, 0.25) is 0 Å². The quantitative estimate of drug-likeness (QED) is 0.0196. The van der Waals surface area contributed by atoms with E-state index in [1.807, 2.05) is 85.8 Å². The van der Waals surface area contributed by atoms with Gasteiger partial charge >= 0.3 is 0 Å². The largest absolute Gasteiger partial charge is 0.508 e. The van der Waals surface area contributed by atoms with Crippen LogP contribution >= 0.6 is 0 Å². The van der Waals surface area contributed by atoms with Gasteiger partial charge in [0.25, 0.3) is 0 Å². The van der Waals surface area contributed by atoms with Gasteiger partial charge in [0.2, 0.25) is 0 Å². The van der Waals surface area contributed by atoms with Crippen molar-refractivity contribution in [2.24, 2.45) is 5.92 Å². The highest BCUT2D eigenvalue weighted by Crippen LogP contribution is 2.54. The number of furan rings is 2. The van der Waals surface area contributed by atoms with Gasteiger partial charge in [-0.15, -0.1) is 0 Å². The van der Waals surface area contributed by atoms with E-state index in [4.69, 9.17) is 8.83 Å². The van der Waals surface area contributed by atoms with Crippen molar-refractivity contribution in [3.8, 4) is 91.6 Å². The van der Waals surface area contributed by atoms with Gasteiger partial charge in [-0.3, -0.25) is 9.59 Å². The minimum absolute atomic E-state index is 0.00867. The number of benzene rings is 8. The lowest BCUT2D eigenvalue weighted by Gasteiger charge is -2.37. The Morgan fingerprint density at radius 1 is 0.500 bits per heavy atom. The number of carbonyl (C=O) groups excluding carboxylic acids is 2. The van der Waals surface area contributed by atoms with Crippen LogP contribution in [0, 0.1) is 19.8 Å². The molecule has 3 atom stereocenters. The van der Waals surface area contributed by atoms with E-state index in [0.717, 1.165) is 44.2 Å². The Hall–Kier alpha value is -11.8. The molecule has 0 aliphatic heterocycles. The Morgan fingerprint density at radius 3 is 1.49 bits per heavy atom. The summed E-state index contributed by atoms with van der Waals surface area (Å²) >= 11 is 0. The minimum Gasteiger partial charge on any atom is -0.508 e. The van der Waals surface area contributed by atoms with Crippen LogP contribution in [0.4, 0.5) is 0 Å². The normalized spacial score (nSPS) is 14.4. The number of Topliss-reactive ketones (excluding diaryl/α,β-unsaturated/α-hetero) is 1. The molecule has 0 spiro atoms. The first-order valence-corrected chi connectivity index (χ1v) is 30.8. The van der Waals surface area contributed by atoms with Crippen LogP contribution in [0.15, 0.2) is 202 Å². The molecule has 492 valence electrons. The van der Waals surface area contributed by atoms with Crippen molar-refractivity contribution in [3.05, 3.63) is 248 Å². The van der Waals surface area contributed by atoms with E-state index in [1.165, 1.54) is 78.9 Å². The van der Waals surface area contributed by atoms with E-state index in [2.05, 4.69) is 6.58 Å². The summed E-state index contributed by atoms with van der Waals surface area (Å²) in [7, 11) is 0. The SMILES string of the molecule is C=C(C)/C=C/c1c(O)cc(-c2cc3ccc(O)cc3o2)cc1O.CC(C)=CCc1c(O)ccc(C(=O)/C=C/c2ccc(C)cc2O)c1O.CC(C)=CCc1c(O)ccc(C(=O)[C@H]2[C@@H](c3c(O)cc(-c4cc5ccc(O)cc5o4)cc3O)C=C(C)C[C@@H]2c2ccc(C)cc2O)c1O. The summed E-state index contributed by atoms with van der Waals surface area (Å²) in [4.78, 5) is 27.1. The second kappa shape index (κ2) is 29.0. The number of allylic oxidation sites excluding steroid dienone is 9. The van der Waals surface area contributed by atoms with Crippen molar-refractivity contribution >= 4 is 45.7 Å². The molecule has 1 aliphatic rings. The predicted octanol–water partition coefficient (Wildman–Crippen LogP) is 18.2. The van der Waals surface area contributed by atoms with Crippen LogP contribution in [0.5, 0.6) is 69.0 Å². The van der Waals surface area contributed by atoms with Crippen molar-refractivity contribution in [1.82, 2.24) is 0 Å². The highest BCUT2D eigenvalue weighted by Gasteiger charge is 2.43. The van der Waals surface area contributed by atoms with E-state index < -0.39 is 29.3 Å². The van der Waals surface area contributed by atoms with Gasteiger partial charge in [-0.25, -0.2) is 0 Å². The maximum absolute atomic E-state index is 14.7. The average molecular weight is 1290 g/mol. The highest BCUT2D eigenvalue weighted by atomic mass is 16.3. The standard InChI is InChI=1S/C40H38O8.C21H22O4.C19H16O4/c1-20(2)5-9-27-31(42)12-11-28(39(27)46)40(47)37-29(26-10-6-21(3)15-32(26)43)13-22(4)14-30(37)38-33(44)16-24(17-34(38)45)35-18-23-7-8-25(41)19-36(23)48-35;1-13(2)4-8-16-19(23)11-9-17(21(16)25)18(22)10-7-15-6-5-14(3)12-20(15)24;1-11(2)3-6-15-16(21)7-13(8-17(15)22)18-9-12-4-5-14(20)10-19(12)23-18/h5-8,10-12,14-19,29-30,37,41-46H,9,13H2,1-4H3;4-7,9-12,23-25H,8H2,1-3H3;3-10,20-22H,1H2,2H3/b;10-7+;6-3+/t29-,30+,37-;;/m1../s1. The molecule has 0 fully saturated rings. The van der Waals surface area contributed by atoms with E-state index in [9.17, 15) is 70.9 Å². The van der Waals surface area contributed by atoms with Crippen LogP contribution < -0.4 is 0 Å². The number of hydrogen-bond acceptors (Lipinski definition) is 16. The van der Waals surface area contributed by atoms with Crippen molar-refractivity contribution in [3.63, 3.8) is 0 Å². The first kappa shape index (κ1) is 68.6. The summed E-state index contributed by atoms with van der Waals surface area (Å²) < 4.78 is 11.6. The fraction of sp³-hybridized carbons (Fsp3) is 0.175. The van der Waals surface area contributed by atoms with Crippen LogP contribution in [0.25, 0.3) is 56.7 Å². The molecule has 0 radical (unpaired) electrons. The lowest BCUT2D eigenvalue weighted by atomic mass is 9.65. The molecule has 2 heterocycles. The van der Waals surface area contributed by atoms with Gasteiger partial charge in [-0.2, -0.15) is 0 Å². The average Bonchev–Trinajstić information content (AvgIpc) is 0.794. The zero-order valence-corrected chi connectivity index (χ0v) is 54.3. The Balaban J connectivity index is 0.000000189. The second-order valence-corrected chi connectivity index (χ2v) is 24.7. The van der Waals surface area contributed by atoms with Gasteiger partial charge in [0, 0.05) is 74.0 Å². The summed E-state index contributed by atoms with van der Waals surface area (Å²) in [5, 5.41) is 128. The van der Waals surface area contributed by atoms with Gasteiger partial charge in [-0.1, -0.05) is 77.4 Å². The maximum Gasteiger partial charge on any atom is 0.189 e. The zero-order valence-electron chi connectivity index (χ0n) is 54.3. The first-order chi connectivity index (χ1) is 45.5. The van der Waals surface area contributed by atoms with Crippen LogP contribution in [-0.4, -0.2) is 72.8 Å². The molecule has 96 heavy (non-hydrogen) atoms. The molecule has 0 unspecified atom stereocenters. The highest BCUT2D eigenvalue weighted by molar-refractivity contribution is 6.09. The topological polar surface area (TPSA) is 303 Å². The van der Waals surface area contributed by atoms with E-state index in [1.54, 1.807) is 66.7 Å². The third-order valence-corrected chi connectivity index (χ3v) is 16.5. The van der Waals surface area contributed by atoms with E-state index in [-0.39, 0.29) is 97.7 Å². The number of ketones is 2. The molecule has 16 nitrogen and oxygen atoms in total. The number of phenols is 12. The summed E-state index contributed by atoms with van der Waals surface area (Å²) in [5.41, 5.74) is 9.48. The van der Waals surface area contributed by atoms with Gasteiger partial charge in [0.05, 0.1) is 16.7 Å². The molecule has 1 aliphatic carbocycles. The van der Waals surface area contributed by atoms with Crippen molar-refractivity contribution < 1.29 is 79.7 Å². The van der Waals surface area contributed by atoms with E-state index in [0.29, 0.717) is 68.9 Å². The molecular weight excluding hydrogens is 1220 g/mol. The predicted molar refractivity (Wildman–Crippen MR) is 374 cm³/mol. The lowest BCUT2D eigenvalue weighted by molar-refractivity contribution is 0.0876. The van der Waals surface area contributed by atoms with Crippen molar-refractivity contribution in [1.29, 1.82) is 0 Å². The molecule has 0 bridgehead atoms. The third kappa shape index (κ3) is 15.6. The number of carbonyl (C=O) groups is 2. The minimum atomic E-state index is -0.981. The summed E-state index contributed by atoms with van der Waals surface area (Å²) in [5.74, 6) is -3.61. The number of fused-ring (bicyclic) bond motifs is 2. The summed E-state index contributed by atoms with van der Waals surface area (Å²) in [6.07, 6.45) is 12.6. The molecule has 8 aromatic carbocycles. The number of hydrogen-bond donors (Lipinski definition) is 12. The molecule has 0 amide bonds. The Labute approximate surface area is 555 Å². The van der Waals surface area contributed by atoms with Crippen molar-refractivity contribution in [2.45, 2.75) is 86.5 Å². The second-order valence-electron chi connectivity index (χ2n) is 24.7. The van der Waals surface area contributed by atoms with Crippen LogP contribution in [0.1, 0.15) is 125 Å². The summed E-state index contributed by atoms with van der Waals surface area (Å²) in [6.45, 7) is 18.8. The summed E-state index contributed by atoms with van der Waals surface area (Å²) in [6, 6.07) is 35.0. The van der Waals surface area contributed by atoms with E-state index >= 15 is 0 Å². The van der Waals surface area contributed by atoms with Gasteiger partial charge in [0.1, 0.15) is 91.7 Å². The smallest absolute Gasteiger partial charge is 0.189 e. The Morgan fingerprint density at radius 2 is 0.990 bits per heavy atom. The third-order valence-electron chi connectivity index (χ3n) is 16.5. The van der Waals surface area contributed by atoms with Crippen molar-refractivity contribution in [2.75, 3.05) is 0 Å². The van der Waals surface area contributed by atoms with Gasteiger partial charge < -0.3 is 70.1 Å². The lowest BCUT2D eigenvalue weighted by Crippen LogP contribution is -2.31. The molecule has 0 saturated heterocycles. The molecule has 2 aromatic heterocycles. The fourth-order valence-corrected chi connectivity index (χ4v) is 11.6. The number of aromatic hydroxyl groups is 12. The monoisotopic (exact) mass is 1290 g/mol. The molecular formula is C80H76O16. The Kier molecular flexibility index (Phi) is 20.7. The number of aryl methyl sites for hydroxylation is 2. The molecule has 16 heteroatoms. The maximum atomic E-state index is 14.7. The fourth-order valence-electron chi connectivity index (χ4n) is 11.6. The van der Waals surface area contributed by atoms with Crippen LogP contribution in [0.3, 0.4) is 0 Å². The molecule has 11 rings (SSSR count). The van der Waals surface area contributed by atoms with Gasteiger partial charge in [-0.05, 0) is 207 Å². The molecule has 0 saturated carbocycles. The van der Waals surface area contributed by atoms with Gasteiger partial charge in [0.15, 0.2) is 11.6 Å². The van der Waals surface area contributed by atoms with Crippen LogP contribution in [-0.2, 0) is 12.8 Å². The zero-order chi connectivity index (χ0) is 69.6. The molecule has 12 N–H and O–H groups in total. The Bertz CT molecular complexity index is 4780. The first-order valence-electron chi connectivity index (χ1n) is 30.8.